The monoisotopic (exact) mass is 176 g/mol. The van der Waals surface area contributed by atoms with Crippen molar-refractivity contribution >= 4 is 11.3 Å². The normalized spacial score (nSPS) is 19.2. The second-order valence-electron chi connectivity index (χ2n) is 3.06. The van der Waals surface area contributed by atoms with Gasteiger partial charge in [-0.05, 0) is 18.4 Å². The molecule has 0 amide bonds. The zero-order valence-electron chi connectivity index (χ0n) is 6.69. The van der Waals surface area contributed by atoms with Crippen LogP contribution in [0.2, 0.25) is 0 Å². The van der Waals surface area contributed by atoms with Crippen molar-refractivity contribution in [2.45, 2.75) is 13.0 Å². The molecule has 0 radical (unpaired) electrons. The van der Waals surface area contributed by atoms with Gasteiger partial charge in [0.05, 0.1) is 24.3 Å². The molecule has 12 heavy (non-hydrogen) atoms. The maximum Gasteiger partial charge on any atom is 0.0956 e. The minimum Gasteiger partial charge on any atom is -0.322 e. The van der Waals surface area contributed by atoms with Crippen molar-refractivity contribution in [3.63, 3.8) is 0 Å². The highest BCUT2D eigenvalue weighted by Crippen LogP contribution is 2.41. The third kappa shape index (κ3) is 0.583. The minimum absolute atomic E-state index is 0.484. The number of fused-ring (bicyclic) bond motifs is 3. The number of rotatable bonds is 0. The second kappa shape index (κ2) is 1.98. The van der Waals surface area contributed by atoms with E-state index in [2.05, 4.69) is 27.9 Å². The summed E-state index contributed by atoms with van der Waals surface area (Å²) in [5, 5.41) is 2.15. The summed E-state index contributed by atoms with van der Waals surface area (Å²) >= 11 is 1.83. The average molecular weight is 176 g/mol. The average Bonchev–Trinajstić information content (AvgIpc) is 2.72. The molecule has 2 aromatic heterocycles. The lowest BCUT2D eigenvalue weighted by atomic mass is 10.2. The Kier molecular flexibility index (Phi) is 1.06. The Labute approximate surface area is 74.5 Å². The SMILES string of the molecule is C[C@H]1c2sccc2-c2cncn21. The third-order valence-electron chi connectivity index (χ3n) is 2.43. The van der Waals surface area contributed by atoms with Crippen LogP contribution in [0.25, 0.3) is 11.3 Å². The van der Waals surface area contributed by atoms with Gasteiger partial charge in [-0.3, -0.25) is 0 Å². The van der Waals surface area contributed by atoms with E-state index in [1.807, 2.05) is 23.9 Å². The molecule has 3 heteroatoms. The van der Waals surface area contributed by atoms with Gasteiger partial charge in [-0.1, -0.05) is 0 Å². The maximum absolute atomic E-state index is 4.14. The Hall–Kier alpha value is -1.09. The van der Waals surface area contributed by atoms with Gasteiger partial charge >= 0.3 is 0 Å². The van der Waals surface area contributed by atoms with Gasteiger partial charge in [-0.2, -0.15) is 0 Å². The Balaban J connectivity index is 2.39. The van der Waals surface area contributed by atoms with Gasteiger partial charge in [0.1, 0.15) is 0 Å². The standard InChI is InChI=1S/C9H8N2S/c1-6-9-7(2-3-12-9)8-4-10-5-11(6)8/h2-6H,1H3/t6-/m0/s1. The lowest BCUT2D eigenvalue weighted by Gasteiger charge is -2.04. The summed E-state index contributed by atoms with van der Waals surface area (Å²) in [5.74, 6) is 0. The van der Waals surface area contributed by atoms with E-state index in [-0.39, 0.29) is 0 Å². The number of aromatic nitrogens is 2. The van der Waals surface area contributed by atoms with Crippen molar-refractivity contribution in [1.82, 2.24) is 9.55 Å². The first-order valence-corrected chi connectivity index (χ1v) is 4.85. The summed E-state index contributed by atoms with van der Waals surface area (Å²) in [6, 6.07) is 2.66. The van der Waals surface area contributed by atoms with E-state index in [0.29, 0.717) is 6.04 Å². The molecular formula is C9H8N2S. The quantitative estimate of drug-likeness (QED) is 0.603. The van der Waals surface area contributed by atoms with Crippen LogP contribution < -0.4 is 0 Å². The molecule has 0 N–H and O–H groups in total. The van der Waals surface area contributed by atoms with Crippen LogP contribution in [0.3, 0.4) is 0 Å². The topological polar surface area (TPSA) is 17.8 Å². The zero-order chi connectivity index (χ0) is 8.13. The van der Waals surface area contributed by atoms with Gasteiger partial charge in [-0.15, -0.1) is 11.3 Å². The van der Waals surface area contributed by atoms with Crippen LogP contribution in [0.5, 0.6) is 0 Å². The molecular weight excluding hydrogens is 168 g/mol. The van der Waals surface area contributed by atoms with Gasteiger partial charge in [0, 0.05) is 10.4 Å². The molecule has 0 saturated carbocycles. The van der Waals surface area contributed by atoms with E-state index in [4.69, 9.17) is 0 Å². The predicted molar refractivity (Wildman–Crippen MR) is 49.4 cm³/mol. The highest BCUT2D eigenvalue weighted by molar-refractivity contribution is 7.10. The molecule has 1 aliphatic heterocycles. The molecule has 0 aliphatic carbocycles. The summed E-state index contributed by atoms with van der Waals surface area (Å²) in [5.41, 5.74) is 2.63. The number of thiophene rings is 1. The summed E-state index contributed by atoms with van der Waals surface area (Å²) in [7, 11) is 0. The van der Waals surface area contributed by atoms with Crippen molar-refractivity contribution in [3.05, 3.63) is 28.8 Å². The van der Waals surface area contributed by atoms with Gasteiger partial charge in [0.25, 0.3) is 0 Å². The van der Waals surface area contributed by atoms with Gasteiger partial charge in [0.15, 0.2) is 0 Å². The highest BCUT2D eigenvalue weighted by atomic mass is 32.1. The van der Waals surface area contributed by atoms with Crippen LogP contribution >= 0.6 is 11.3 Å². The summed E-state index contributed by atoms with van der Waals surface area (Å²) in [4.78, 5) is 5.61. The van der Waals surface area contributed by atoms with Crippen LogP contribution in [0.1, 0.15) is 17.8 Å². The Morgan fingerprint density at radius 2 is 2.50 bits per heavy atom. The minimum atomic E-state index is 0.484. The molecule has 0 aromatic carbocycles. The second-order valence-corrected chi connectivity index (χ2v) is 4.01. The van der Waals surface area contributed by atoms with E-state index in [0.717, 1.165) is 0 Å². The van der Waals surface area contributed by atoms with Crippen LogP contribution in [0, 0.1) is 0 Å². The first kappa shape index (κ1) is 6.43. The van der Waals surface area contributed by atoms with Crippen molar-refractivity contribution in [2.24, 2.45) is 0 Å². The van der Waals surface area contributed by atoms with E-state index in [1.165, 1.54) is 16.1 Å². The van der Waals surface area contributed by atoms with Crippen LogP contribution in [-0.4, -0.2) is 9.55 Å². The number of imidazole rings is 1. The smallest absolute Gasteiger partial charge is 0.0956 e. The Morgan fingerprint density at radius 3 is 3.42 bits per heavy atom. The highest BCUT2D eigenvalue weighted by Gasteiger charge is 2.25. The van der Waals surface area contributed by atoms with Gasteiger partial charge < -0.3 is 4.57 Å². The number of hydrogen-bond acceptors (Lipinski definition) is 2. The molecule has 0 saturated heterocycles. The molecule has 3 rings (SSSR count). The van der Waals surface area contributed by atoms with E-state index >= 15 is 0 Å². The van der Waals surface area contributed by atoms with Crippen molar-refractivity contribution in [3.8, 4) is 11.3 Å². The van der Waals surface area contributed by atoms with Crippen LogP contribution in [0.15, 0.2) is 24.0 Å². The van der Waals surface area contributed by atoms with Crippen molar-refractivity contribution in [2.75, 3.05) is 0 Å². The summed E-state index contributed by atoms with van der Waals surface area (Å²) in [6.07, 6.45) is 3.85. The molecule has 1 aliphatic rings. The third-order valence-corrected chi connectivity index (χ3v) is 3.52. The van der Waals surface area contributed by atoms with E-state index in [1.54, 1.807) is 0 Å². The van der Waals surface area contributed by atoms with Crippen molar-refractivity contribution < 1.29 is 0 Å². The molecule has 3 heterocycles. The van der Waals surface area contributed by atoms with Gasteiger partial charge in [0.2, 0.25) is 0 Å². The van der Waals surface area contributed by atoms with Crippen LogP contribution in [-0.2, 0) is 0 Å². The molecule has 0 unspecified atom stereocenters. The molecule has 2 aromatic rings. The Bertz CT molecular complexity index is 387. The van der Waals surface area contributed by atoms with Crippen molar-refractivity contribution in [1.29, 1.82) is 0 Å². The lowest BCUT2D eigenvalue weighted by molar-refractivity contribution is 0.681. The summed E-state index contributed by atoms with van der Waals surface area (Å²) < 4.78 is 2.22. The molecule has 2 nitrogen and oxygen atoms in total. The molecule has 0 fully saturated rings. The first-order chi connectivity index (χ1) is 5.88. The Morgan fingerprint density at radius 1 is 1.58 bits per heavy atom. The number of nitrogens with zero attached hydrogens (tertiary/aromatic N) is 2. The molecule has 0 spiro atoms. The van der Waals surface area contributed by atoms with Crippen LogP contribution in [0.4, 0.5) is 0 Å². The summed E-state index contributed by atoms with van der Waals surface area (Å²) in [6.45, 7) is 2.22. The fraction of sp³-hybridized carbons (Fsp3) is 0.222. The van der Waals surface area contributed by atoms with E-state index in [9.17, 15) is 0 Å². The molecule has 60 valence electrons. The number of hydrogen-bond donors (Lipinski definition) is 0. The first-order valence-electron chi connectivity index (χ1n) is 3.97. The fourth-order valence-corrected chi connectivity index (χ4v) is 2.77. The largest absolute Gasteiger partial charge is 0.322 e. The lowest BCUT2D eigenvalue weighted by Crippen LogP contribution is -1.96. The zero-order valence-corrected chi connectivity index (χ0v) is 7.51. The maximum atomic E-state index is 4.14. The predicted octanol–water partition coefficient (Wildman–Crippen LogP) is 2.53. The van der Waals surface area contributed by atoms with Gasteiger partial charge in [-0.25, -0.2) is 4.98 Å². The molecule has 1 atom stereocenters. The molecule has 0 bridgehead atoms. The van der Waals surface area contributed by atoms with E-state index < -0.39 is 0 Å². The fourth-order valence-electron chi connectivity index (χ4n) is 1.80.